The molecule has 8 nitrogen and oxygen atoms in total. The second-order valence-corrected chi connectivity index (χ2v) is 4.94. The van der Waals surface area contributed by atoms with E-state index in [9.17, 15) is 39.6 Å². The first-order valence-corrected chi connectivity index (χ1v) is 6.06. The largest absolute Gasteiger partial charge is 0.481 e. The van der Waals surface area contributed by atoms with Gasteiger partial charge in [-0.15, -0.1) is 0 Å². The molecule has 0 saturated heterocycles. The maximum Gasteiger partial charge on any atom is 0.311 e. The van der Waals surface area contributed by atoms with Gasteiger partial charge in [-0.05, 0) is 12.8 Å². The van der Waals surface area contributed by atoms with Crippen molar-refractivity contribution in [2.24, 2.45) is 22.7 Å². The molecule has 0 amide bonds. The highest BCUT2D eigenvalue weighted by Gasteiger charge is 2.81. The standard InChI is InChI=1S/C12H16O8/c1-3-11(9(17)18)5(7(13)14)12(4-2,10(19)20)6(11)8(15)16/h5-6H,3-4H2,1-2H3,(H,13,14)(H,15,16)(H,17,18)(H,19,20). The van der Waals surface area contributed by atoms with Crippen molar-refractivity contribution in [1.82, 2.24) is 0 Å². The number of rotatable bonds is 6. The minimum absolute atomic E-state index is 0.273. The van der Waals surface area contributed by atoms with Crippen LogP contribution >= 0.6 is 0 Å². The van der Waals surface area contributed by atoms with Crippen LogP contribution in [0.5, 0.6) is 0 Å². The topological polar surface area (TPSA) is 149 Å². The molecule has 0 bridgehead atoms. The van der Waals surface area contributed by atoms with Crippen molar-refractivity contribution in [1.29, 1.82) is 0 Å². The average Bonchev–Trinajstić information content (AvgIpc) is 2.27. The van der Waals surface area contributed by atoms with Crippen LogP contribution in [-0.2, 0) is 19.2 Å². The number of aliphatic carboxylic acids is 4. The van der Waals surface area contributed by atoms with Crippen molar-refractivity contribution in [3.8, 4) is 0 Å². The summed E-state index contributed by atoms with van der Waals surface area (Å²) in [6.07, 6.45) is -0.545. The Bertz CT molecular complexity index is 428. The Kier molecular flexibility index (Phi) is 3.80. The van der Waals surface area contributed by atoms with Crippen LogP contribution in [0.4, 0.5) is 0 Å². The molecule has 0 aromatic carbocycles. The van der Waals surface area contributed by atoms with Gasteiger partial charge < -0.3 is 20.4 Å². The van der Waals surface area contributed by atoms with E-state index in [-0.39, 0.29) is 12.8 Å². The summed E-state index contributed by atoms with van der Waals surface area (Å²) in [5.41, 5.74) is -4.21. The van der Waals surface area contributed by atoms with Gasteiger partial charge in [-0.25, -0.2) is 0 Å². The Morgan fingerprint density at radius 3 is 1.10 bits per heavy atom. The first kappa shape index (κ1) is 15.9. The Balaban J connectivity index is 3.63. The zero-order valence-electron chi connectivity index (χ0n) is 11.0. The molecule has 0 aromatic heterocycles. The van der Waals surface area contributed by atoms with Gasteiger partial charge in [0.2, 0.25) is 0 Å². The van der Waals surface area contributed by atoms with E-state index in [0.29, 0.717) is 0 Å². The zero-order valence-corrected chi connectivity index (χ0v) is 11.0. The lowest BCUT2D eigenvalue weighted by Crippen LogP contribution is -2.74. The summed E-state index contributed by atoms with van der Waals surface area (Å²) in [4.78, 5) is 45.7. The first-order valence-electron chi connectivity index (χ1n) is 6.06. The number of carbonyl (C=O) groups is 4. The fourth-order valence-electron chi connectivity index (χ4n) is 3.65. The SMILES string of the molecule is CCC1(C(=O)O)C(C(=O)O)C(CC)(C(=O)O)C1C(=O)O. The Morgan fingerprint density at radius 2 is 1.00 bits per heavy atom. The Hall–Kier alpha value is -2.12. The molecule has 0 radical (unpaired) electrons. The normalized spacial score (nSPS) is 35.9. The van der Waals surface area contributed by atoms with Crippen molar-refractivity contribution in [2.75, 3.05) is 0 Å². The van der Waals surface area contributed by atoms with Crippen molar-refractivity contribution < 1.29 is 39.6 Å². The lowest BCUT2D eigenvalue weighted by molar-refractivity contribution is -0.239. The summed E-state index contributed by atoms with van der Waals surface area (Å²) in [5.74, 6) is -9.94. The second-order valence-electron chi connectivity index (χ2n) is 4.94. The molecule has 1 fully saturated rings. The molecule has 1 aliphatic carbocycles. The molecule has 1 aliphatic rings. The third-order valence-corrected chi connectivity index (χ3v) is 4.52. The maximum absolute atomic E-state index is 11.5. The fourth-order valence-corrected chi connectivity index (χ4v) is 3.65. The predicted octanol–water partition coefficient (Wildman–Crippen LogP) is 0.364. The van der Waals surface area contributed by atoms with E-state index in [1.54, 1.807) is 0 Å². The van der Waals surface area contributed by atoms with Crippen LogP contribution in [0.3, 0.4) is 0 Å². The Morgan fingerprint density at radius 1 is 0.750 bits per heavy atom. The van der Waals surface area contributed by atoms with Crippen molar-refractivity contribution in [3.05, 3.63) is 0 Å². The molecule has 4 N–H and O–H groups in total. The third kappa shape index (κ3) is 1.53. The minimum Gasteiger partial charge on any atom is -0.481 e. The summed E-state index contributed by atoms with van der Waals surface area (Å²) in [5, 5.41) is 37.1. The second kappa shape index (κ2) is 4.77. The van der Waals surface area contributed by atoms with E-state index in [1.165, 1.54) is 13.8 Å². The van der Waals surface area contributed by atoms with Crippen molar-refractivity contribution >= 4 is 23.9 Å². The zero-order chi connectivity index (χ0) is 15.9. The molecule has 0 heterocycles. The smallest absolute Gasteiger partial charge is 0.311 e. The van der Waals surface area contributed by atoms with Gasteiger partial charge in [0.25, 0.3) is 0 Å². The minimum atomic E-state index is -2.11. The molecule has 0 spiro atoms. The molecule has 1 rings (SSSR count). The van der Waals surface area contributed by atoms with Crippen molar-refractivity contribution in [2.45, 2.75) is 26.7 Å². The van der Waals surface area contributed by atoms with Crippen LogP contribution in [0.25, 0.3) is 0 Å². The van der Waals surface area contributed by atoms with Crippen molar-refractivity contribution in [3.63, 3.8) is 0 Å². The highest BCUT2D eigenvalue weighted by atomic mass is 16.4. The molecule has 112 valence electrons. The van der Waals surface area contributed by atoms with E-state index in [4.69, 9.17) is 0 Å². The molecular formula is C12H16O8. The monoisotopic (exact) mass is 288 g/mol. The highest BCUT2D eigenvalue weighted by Crippen LogP contribution is 2.67. The molecule has 0 aromatic rings. The van der Waals surface area contributed by atoms with Gasteiger partial charge in [-0.1, -0.05) is 13.8 Å². The van der Waals surface area contributed by atoms with Gasteiger partial charge in [-0.3, -0.25) is 19.2 Å². The molecule has 1 saturated carbocycles. The van der Waals surface area contributed by atoms with Crippen LogP contribution in [0, 0.1) is 22.7 Å². The fraction of sp³-hybridized carbons (Fsp3) is 0.667. The summed E-state index contributed by atoms with van der Waals surface area (Å²) >= 11 is 0. The molecule has 0 atom stereocenters. The lowest BCUT2D eigenvalue weighted by Gasteiger charge is -2.60. The molecule has 0 unspecified atom stereocenters. The van der Waals surface area contributed by atoms with E-state index < -0.39 is 46.5 Å². The van der Waals surface area contributed by atoms with Gasteiger partial charge >= 0.3 is 23.9 Å². The van der Waals surface area contributed by atoms with E-state index in [1.807, 2.05) is 0 Å². The lowest BCUT2D eigenvalue weighted by atomic mass is 9.37. The van der Waals surface area contributed by atoms with Gasteiger partial charge in [0.05, 0.1) is 22.7 Å². The van der Waals surface area contributed by atoms with E-state index in [2.05, 4.69) is 0 Å². The van der Waals surface area contributed by atoms with Crippen LogP contribution in [0.1, 0.15) is 26.7 Å². The first-order chi connectivity index (χ1) is 9.14. The highest BCUT2D eigenvalue weighted by molar-refractivity contribution is 6.01. The van der Waals surface area contributed by atoms with Gasteiger partial charge in [0, 0.05) is 0 Å². The van der Waals surface area contributed by atoms with E-state index in [0.717, 1.165) is 0 Å². The van der Waals surface area contributed by atoms with Crippen LogP contribution in [-0.4, -0.2) is 44.3 Å². The average molecular weight is 288 g/mol. The summed E-state index contributed by atoms with van der Waals surface area (Å²) < 4.78 is 0. The molecule has 8 heteroatoms. The summed E-state index contributed by atoms with van der Waals surface area (Å²) in [6, 6.07) is 0. The molecule has 0 aliphatic heterocycles. The predicted molar refractivity (Wildman–Crippen MR) is 63.0 cm³/mol. The van der Waals surface area contributed by atoms with Gasteiger partial charge in [0.15, 0.2) is 0 Å². The van der Waals surface area contributed by atoms with E-state index >= 15 is 0 Å². The van der Waals surface area contributed by atoms with Gasteiger partial charge in [-0.2, -0.15) is 0 Å². The number of hydrogen-bond donors (Lipinski definition) is 4. The molecular weight excluding hydrogens is 272 g/mol. The van der Waals surface area contributed by atoms with Gasteiger partial charge in [0.1, 0.15) is 0 Å². The number of carboxylic acid groups (broad SMARTS) is 4. The van der Waals surface area contributed by atoms with Crippen LogP contribution in [0.15, 0.2) is 0 Å². The third-order valence-electron chi connectivity index (χ3n) is 4.52. The summed E-state index contributed by atoms with van der Waals surface area (Å²) in [7, 11) is 0. The van der Waals surface area contributed by atoms with Crippen LogP contribution in [0.2, 0.25) is 0 Å². The quantitative estimate of drug-likeness (QED) is 0.547. The maximum atomic E-state index is 11.5. The molecule has 20 heavy (non-hydrogen) atoms. The number of carboxylic acids is 4. The van der Waals surface area contributed by atoms with Crippen LogP contribution < -0.4 is 0 Å². The Labute approximate surface area is 114 Å². The summed E-state index contributed by atoms with van der Waals surface area (Å²) in [6.45, 7) is 2.70. The number of hydrogen-bond acceptors (Lipinski definition) is 4.